The van der Waals surface area contributed by atoms with Gasteiger partial charge in [0.25, 0.3) is 0 Å². The zero-order chi connectivity index (χ0) is 13.3. The van der Waals surface area contributed by atoms with Crippen LogP contribution in [0.5, 0.6) is 0 Å². The molecule has 0 heterocycles. The van der Waals surface area contributed by atoms with Crippen molar-refractivity contribution in [3.8, 4) is 0 Å². The molecule has 1 nitrogen and oxygen atoms in total. The molecule has 0 saturated heterocycles. The van der Waals surface area contributed by atoms with Crippen LogP contribution in [0.15, 0.2) is 11.6 Å². The number of allylic oxidation sites excluding steroid dienone is 1. The fourth-order valence-electron chi connectivity index (χ4n) is 2.52. The molecule has 0 aliphatic carbocycles. The van der Waals surface area contributed by atoms with E-state index < -0.39 is 0 Å². The fraction of sp³-hybridized carbons (Fsp3) is 0.875. The van der Waals surface area contributed by atoms with Gasteiger partial charge in [-0.1, -0.05) is 45.8 Å². The monoisotopic (exact) mass is 239 g/mol. The van der Waals surface area contributed by atoms with Crippen LogP contribution in [0, 0.1) is 5.92 Å². The van der Waals surface area contributed by atoms with Crippen molar-refractivity contribution in [2.45, 2.75) is 85.7 Å². The average molecular weight is 239 g/mol. The first kappa shape index (κ1) is 16.7. The number of hydrogen-bond acceptors (Lipinski definition) is 1. The van der Waals surface area contributed by atoms with Crippen molar-refractivity contribution in [3.05, 3.63) is 11.6 Å². The van der Waals surface area contributed by atoms with E-state index in [9.17, 15) is 0 Å². The molecule has 0 aliphatic rings. The topological polar surface area (TPSA) is 12.0 Å². The van der Waals surface area contributed by atoms with Crippen molar-refractivity contribution in [1.29, 1.82) is 0 Å². The number of nitrogens with one attached hydrogen (secondary N) is 1. The Bertz CT molecular complexity index is 206. The summed E-state index contributed by atoms with van der Waals surface area (Å²) in [5.74, 6) is 0.771. The van der Waals surface area contributed by atoms with Crippen LogP contribution < -0.4 is 5.32 Å². The van der Waals surface area contributed by atoms with Crippen LogP contribution in [0.1, 0.15) is 73.6 Å². The largest absolute Gasteiger partial charge is 0.311 e. The van der Waals surface area contributed by atoms with E-state index in [1.165, 1.54) is 32.1 Å². The maximum absolute atomic E-state index is 3.70. The first-order valence-corrected chi connectivity index (χ1v) is 7.43. The van der Waals surface area contributed by atoms with E-state index in [1.807, 2.05) is 0 Å². The maximum atomic E-state index is 3.70. The lowest BCUT2D eigenvalue weighted by Gasteiger charge is -2.21. The zero-order valence-corrected chi connectivity index (χ0v) is 12.8. The van der Waals surface area contributed by atoms with Crippen LogP contribution in [0.2, 0.25) is 0 Å². The second-order valence-corrected chi connectivity index (χ2v) is 5.83. The van der Waals surface area contributed by atoms with Crippen LogP contribution in [0.4, 0.5) is 0 Å². The molecule has 0 bridgehead atoms. The van der Waals surface area contributed by atoms with Gasteiger partial charge in [0.1, 0.15) is 0 Å². The summed E-state index contributed by atoms with van der Waals surface area (Å²) in [7, 11) is 0. The number of rotatable bonds is 9. The molecule has 0 aromatic heterocycles. The first-order chi connectivity index (χ1) is 7.99. The van der Waals surface area contributed by atoms with E-state index in [0.29, 0.717) is 12.1 Å². The summed E-state index contributed by atoms with van der Waals surface area (Å²) in [6.45, 7) is 13.7. The van der Waals surface area contributed by atoms with Crippen molar-refractivity contribution in [3.63, 3.8) is 0 Å². The average Bonchev–Trinajstić information content (AvgIpc) is 2.16. The third-order valence-corrected chi connectivity index (χ3v) is 3.02. The molecule has 0 spiro atoms. The molecular formula is C16H33N. The highest BCUT2D eigenvalue weighted by Crippen LogP contribution is 2.17. The van der Waals surface area contributed by atoms with Gasteiger partial charge >= 0.3 is 0 Å². The Morgan fingerprint density at radius 1 is 1.00 bits per heavy atom. The number of hydrogen-bond donors (Lipinski definition) is 1. The minimum absolute atomic E-state index is 0.605. The van der Waals surface area contributed by atoms with Crippen LogP contribution >= 0.6 is 0 Å². The molecule has 2 unspecified atom stereocenters. The van der Waals surface area contributed by atoms with Crippen LogP contribution in [-0.4, -0.2) is 12.1 Å². The van der Waals surface area contributed by atoms with Gasteiger partial charge in [-0.2, -0.15) is 0 Å². The summed E-state index contributed by atoms with van der Waals surface area (Å²) < 4.78 is 0. The highest BCUT2D eigenvalue weighted by molar-refractivity contribution is 5.04. The summed E-state index contributed by atoms with van der Waals surface area (Å²) in [5, 5.41) is 3.70. The van der Waals surface area contributed by atoms with Crippen LogP contribution in [0.25, 0.3) is 0 Å². The molecular weight excluding hydrogens is 206 g/mol. The van der Waals surface area contributed by atoms with Gasteiger partial charge in [-0.05, 0) is 45.4 Å². The second kappa shape index (κ2) is 9.70. The summed E-state index contributed by atoms with van der Waals surface area (Å²) in [4.78, 5) is 0. The molecule has 0 aromatic rings. The molecule has 0 radical (unpaired) electrons. The van der Waals surface area contributed by atoms with E-state index in [4.69, 9.17) is 0 Å². The van der Waals surface area contributed by atoms with E-state index in [1.54, 1.807) is 5.57 Å². The summed E-state index contributed by atoms with van der Waals surface area (Å²) in [5.41, 5.74) is 1.63. The second-order valence-electron chi connectivity index (χ2n) is 5.83. The van der Waals surface area contributed by atoms with Gasteiger partial charge in [0, 0.05) is 12.1 Å². The molecule has 0 aliphatic heterocycles. The minimum atomic E-state index is 0.605. The van der Waals surface area contributed by atoms with Crippen LogP contribution in [-0.2, 0) is 0 Å². The van der Waals surface area contributed by atoms with Gasteiger partial charge in [-0.15, -0.1) is 0 Å². The molecule has 102 valence electrons. The molecule has 1 N–H and O–H groups in total. The van der Waals surface area contributed by atoms with Crippen molar-refractivity contribution in [2.75, 3.05) is 0 Å². The van der Waals surface area contributed by atoms with Crippen molar-refractivity contribution in [2.24, 2.45) is 5.92 Å². The molecule has 1 heteroatoms. The van der Waals surface area contributed by atoms with Crippen molar-refractivity contribution in [1.82, 2.24) is 5.32 Å². The van der Waals surface area contributed by atoms with Crippen molar-refractivity contribution < 1.29 is 0 Å². The Morgan fingerprint density at radius 3 is 2.12 bits per heavy atom. The summed E-state index contributed by atoms with van der Waals surface area (Å²) >= 11 is 0. The fourth-order valence-corrected chi connectivity index (χ4v) is 2.52. The van der Waals surface area contributed by atoms with E-state index >= 15 is 0 Å². The van der Waals surface area contributed by atoms with Gasteiger partial charge in [-0.25, -0.2) is 0 Å². The first-order valence-electron chi connectivity index (χ1n) is 7.43. The van der Waals surface area contributed by atoms with Gasteiger partial charge < -0.3 is 5.32 Å². The molecule has 0 rings (SSSR count). The van der Waals surface area contributed by atoms with Gasteiger partial charge in [-0.3, -0.25) is 0 Å². The Kier molecular flexibility index (Phi) is 9.53. The van der Waals surface area contributed by atoms with Crippen molar-refractivity contribution >= 4 is 0 Å². The SMILES string of the molecule is CC/C=C(/CC(C)C)CC(C)NC(C)CCC. The van der Waals surface area contributed by atoms with E-state index in [2.05, 4.69) is 52.9 Å². The van der Waals surface area contributed by atoms with Gasteiger partial charge in [0.15, 0.2) is 0 Å². The Labute approximate surface area is 109 Å². The standard InChI is InChI=1S/C16H33N/c1-7-9-14(5)17-15(6)12-16(10-8-2)11-13(3)4/h10,13-15,17H,7-9,11-12H2,1-6H3/b16-10-. The third kappa shape index (κ3) is 9.41. The maximum Gasteiger partial charge on any atom is 0.00783 e. The zero-order valence-electron chi connectivity index (χ0n) is 12.8. The smallest absolute Gasteiger partial charge is 0.00783 e. The lowest BCUT2D eigenvalue weighted by molar-refractivity contribution is 0.433. The Morgan fingerprint density at radius 2 is 1.65 bits per heavy atom. The van der Waals surface area contributed by atoms with E-state index in [0.717, 1.165) is 5.92 Å². The predicted molar refractivity (Wildman–Crippen MR) is 79.4 cm³/mol. The van der Waals surface area contributed by atoms with E-state index in [-0.39, 0.29) is 0 Å². The normalized spacial score (nSPS) is 16.3. The Hall–Kier alpha value is -0.300. The highest BCUT2D eigenvalue weighted by Gasteiger charge is 2.09. The lowest BCUT2D eigenvalue weighted by atomic mass is 9.96. The summed E-state index contributed by atoms with van der Waals surface area (Å²) in [6, 6.07) is 1.25. The van der Waals surface area contributed by atoms with Gasteiger partial charge in [0.05, 0.1) is 0 Å². The Balaban J connectivity index is 4.12. The molecule has 17 heavy (non-hydrogen) atoms. The van der Waals surface area contributed by atoms with Crippen LogP contribution in [0.3, 0.4) is 0 Å². The lowest BCUT2D eigenvalue weighted by Crippen LogP contribution is -2.34. The minimum Gasteiger partial charge on any atom is -0.311 e. The molecule has 0 aromatic carbocycles. The quantitative estimate of drug-likeness (QED) is 0.563. The predicted octanol–water partition coefficient (Wildman–Crippen LogP) is 4.93. The van der Waals surface area contributed by atoms with Gasteiger partial charge in [0.2, 0.25) is 0 Å². The molecule has 0 saturated carbocycles. The third-order valence-electron chi connectivity index (χ3n) is 3.02. The summed E-state index contributed by atoms with van der Waals surface area (Å²) in [6.07, 6.45) is 8.59. The molecule has 0 fully saturated rings. The molecule has 0 amide bonds. The highest BCUT2D eigenvalue weighted by atomic mass is 14.9. The molecule has 2 atom stereocenters.